The topological polar surface area (TPSA) is 72.3 Å². The predicted octanol–water partition coefficient (Wildman–Crippen LogP) is 1.24. The van der Waals surface area contributed by atoms with Crippen LogP contribution in [0.4, 0.5) is 0 Å². The van der Waals surface area contributed by atoms with E-state index in [0.29, 0.717) is 31.6 Å². The number of rotatable bonds is 6. The zero-order valence-corrected chi connectivity index (χ0v) is 12.8. The monoisotopic (exact) mass is 307 g/mol. The minimum absolute atomic E-state index is 0.0448. The summed E-state index contributed by atoms with van der Waals surface area (Å²) in [5.74, 6) is 0.694. The lowest BCUT2D eigenvalue weighted by Gasteiger charge is -2.10. The third-order valence-corrected chi connectivity index (χ3v) is 3.86. The molecule has 1 heterocycles. The van der Waals surface area contributed by atoms with E-state index in [1.165, 1.54) is 11.1 Å². The van der Waals surface area contributed by atoms with Crippen molar-refractivity contribution in [2.45, 2.75) is 37.8 Å². The number of carbonyl (C=O) groups excluding carboxylic acids is 1. The molecule has 0 unspecified atom stereocenters. The molecule has 0 saturated carbocycles. The molecule has 0 saturated heterocycles. The molecule has 1 rings (SSSR count). The molecule has 108 valence electrons. The van der Waals surface area contributed by atoms with Gasteiger partial charge in [0, 0.05) is 50.4 Å². The first-order valence-electron chi connectivity index (χ1n) is 5.96. The second kappa shape index (κ2) is 6.38. The summed E-state index contributed by atoms with van der Waals surface area (Å²) < 4.78 is 24.2. The highest BCUT2D eigenvalue weighted by atomic mass is 35.7. The number of aromatic nitrogens is 2. The molecular weight excluding hydrogens is 290 g/mol. The second-order valence-corrected chi connectivity index (χ2v) is 6.88. The predicted molar refractivity (Wildman–Crippen MR) is 72.6 cm³/mol. The molecule has 0 radical (unpaired) electrons. The van der Waals surface area contributed by atoms with Gasteiger partial charge in [0.2, 0.25) is 5.91 Å². The molecule has 0 aliphatic carbocycles. The molecule has 0 spiro atoms. The van der Waals surface area contributed by atoms with Gasteiger partial charge < -0.3 is 9.47 Å². The van der Waals surface area contributed by atoms with Gasteiger partial charge >= 0.3 is 0 Å². The minimum Gasteiger partial charge on any atom is -0.349 e. The number of nitrogens with zero attached hydrogens (tertiary/aromatic N) is 3. The Morgan fingerprint density at radius 1 is 1.47 bits per heavy atom. The highest BCUT2D eigenvalue weighted by Crippen LogP contribution is 2.15. The van der Waals surface area contributed by atoms with Gasteiger partial charge in [0.25, 0.3) is 9.05 Å². The quantitative estimate of drug-likeness (QED) is 0.741. The lowest BCUT2D eigenvalue weighted by Crippen LogP contribution is -2.21. The van der Waals surface area contributed by atoms with Crippen LogP contribution in [0.2, 0.25) is 0 Å². The van der Waals surface area contributed by atoms with Gasteiger partial charge in [-0.05, 0) is 6.42 Å². The fourth-order valence-electron chi connectivity index (χ4n) is 1.65. The van der Waals surface area contributed by atoms with Gasteiger partial charge in [0.05, 0.1) is 0 Å². The van der Waals surface area contributed by atoms with E-state index in [2.05, 4.69) is 4.98 Å². The highest BCUT2D eigenvalue weighted by molar-refractivity contribution is 8.13. The lowest BCUT2D eigenvalue weighted by molar-refractivity contribution is -0.128. The van der Waals surface area contributed by atoms with Crippen LogP contribution in [0.5, 0.6) is 0 Å². The number of hydrogen-bond acceptors (Lipinski definition) is 4. The number of amides is 1. The molecule has 0 aliphatic rings. The second-order valence-electron chi connectivity index (χ2n) is 4.37. The van der Waals surface area contributed by atoms with Crippen LogP contribution in [-0.2, 0) is 26.8 Å². The molecule has 0 bridgehead atoms. The maximum Gasteiger partial charge on any atom is 0.280 e. The van der Waals surface area contributed by atoms with Crippen LogP contribution in [0.3, 0.4) is 0 Å². The van der Waals surface area contributed by atoms with E-state index in [-0.39, 0.29) is 10.9 Å². The van der Waals surface area contributed by atoms with Crippen LogP contribution in [0.1, 0.15) is 25.6 Å². The molecule has 0 atom stereocenters. The molecule has 1 amide bonds. The summed E-state index contributed by atoms with van der Waals surface area (Å²) in [7, 11) is 4.87. The maximum atomic E-state index is 11.4. The Bertz CT molecular complexity index is 552. The Labute approximate surface area is 117 Å². The SMILES string of the molecule is CCc1nc(S(=O)(=O)Cl)cn1CCCC(=O)N(C)C. The van der Waals surface area contributed by atoms with E-state index in [0.717, 1.165) is 0 Å². The van der Waals surface area contributed by atoms with Crippen molar-refractivity contribution >= 4 is 25.6 Å². The third-order valence-electron chi connectivity index (χ3n) is 2.69. The minimum atomic E-state index is -3.80. The van der Waals surface area contributed by atoms with Crippen molar-refractivity contribution in [3.63, 3.8) is 0 Å². The average molecular weight is 308 g/mol. The van der Waals surface area contributed by atoms with Gasteiger partial charge in [0.1, 0.15) is 5.82 Å². The molecule has 0 aliphatic heterocycles. The van der Waals surface area contributed by atoms with E-state index in [1.807, 2.05) is 6.92 Å². The largest absolute Gasteiger partial charge is 0.349 e. The zero-order chi connectivity index (χ0) is 14.6. The summed E-state index contributed by atoms with van der Waals surface area (Å²) in [5, 5.41) is -0.134. The molecule has 1 aromatic rings. The van der Waals surface area contributed by atoms with Gasteiger partial charge in [-0.2, -0.15) is 0 Å². The van der Waals surface area contributed by atoms with Gasteiger partial charge in [-0.15, -0.1) is 0 Å². The van der Waals surface area contributed by atoms with Crippen molar-refractivity contribution in [1.29, 1.82) is 0 Å². The molecule has 8 heteroatoms. The van der Waals surface area contributed by atoms with Crippen LogP contribution in [0.15, 0.2) is 11.2 Å². The Morgan fingerprint density at radius 3 is 2.58 bits per heavy atom. The number of aryl methyl sites for hydroxylation is 2. The molecule has 0 N–H and O–H groups in total. The zero-order valence-electron chi connectivity index (χ0n) is 11.3. The fraction of sp³-hybridized carbons (Fsp3) is 0.636. The van der Waals surface area contributed by atoms with E-state index in [4.69, 9.17) is 10.7 Å². The Balaban J connectivity index is 2.73. The van der Waals surface area contributed by atoms with E-state index in [1.54, 1.807) is 18.7 Å². The standard InChI is InChI=1S/C11H18ClN3O3S/c1-4-9-13-10(19(12,17)18)8-15(9)7-5-6-11(16)14(2)3/h8H,4-7H2,1-3H3. The van der Waals surface area contributed by atoms with Crippen LogP contribution in [0, 0.1) is 0 Å². The number of imidazole rings is 1. The molecule has 0 aromatic carbocycles. The van der Waals surface area contributed by atoms with E-state index in [9.17, 15) is 13.2 Å². The van der Waals surface area contributed by atoms with Crippen molar-refractivity contribution in [2.75, 3.05) is 14.1 Å². The van der Waals surface area contributed by atoms with Gasteiger partial charge in [-0.25, -0.2) is 13.4 Å². The number of halogens is 1. The summed E-state index contributed by atoms with van der Waals surface area (Å²) in [6.45, 7) is 2.43. The normalized spacial score (nSPS) is 11.6. The summed E-state index contributed by atoms with van der Waals surface area (Å²) in [6, 6.07) is 0. The smallest absolute Gasteiger partial charge is 0.280 e. The third kappa shape index (κ3) is 4.50. The summed E-state index contributed by atoms with van der Waals surface area (Å²) in [6.07, 6.45) is 3.06. The van der Waals surface area contributed by atoms with Crippen molar-refractivity contribution < 1.29 is 13.2 Å². The number of carbonyl (C=O) groups is 1. The van der Waals surface area contributed by atoms with Gasteiger partial charge in [-0.3, -0.25) is 4.79 Å². The first kappa shape index (κ1) is 16.0. The first-order chi connectivity index (χ1) is 8.75. The summed E-state index contributed by atoms with van der Waals surface area (Å²) >= 11 is 0. The molecule has 0 fully saturated rings. The van der Waals surface area contributed by atoms with Crippen molar-refractivity contribution in [3.05, 3.63) is 12.0 Å². The van der Waals surface area contributed by atoms with Crippen LogP contribution in [0.25, 0.3) is 0 Å². The Kier molecular flexibility index (Phi) is 5.37. The van der Waals surface area contributed by atoms with E-state index < -0.39 is 9.05 Å². The van der Waals surface area contributed by atoms with Crippen LogP contribution >= 0.6 is 10.7 Å². The molecule has 19 heavy (non-hydrogen) atoms. The van der Waals surface area contributed by atoms with Crippen LogP contribution in [-0.4, -0.2) is 42.9 Å². The fourth-order valence-corrected chi connectivity index (χ4v) is 2.34. The Hall–Kier alpha value is -1.08. The molecular formula is C11H18ClN3O3S. The molecule has 1 aromatic heterocycles. The van der Waals surface area contributed by atoms with Gasteiger partial charge in [0.15, 0.2) is 5.03 Å². The maximum absolute atomic E-state index is 11.4. The lowest BCUT2D eigenvalue weighted by atomic mass is 10.3. The van der Waals surface area contributed by atoms with Crippen LogP contribution < -0.4 is 0 Å². The first-order valence-corrected chi connectivity index (χ1v) is 8.27. The van der Waals surface area contributed by atoms with Crippen molar-refractivity contribution in [3.8, 4) is 0 Å². The average Bonchev–Trinajstić information content (AvgIpc) is 2.71. The number of hydrogen-bond donors (Lipinski definition) is 0. The molecule has 6 nitrogen and oxygen atoms in total. The Morgan fingerprint density at radius 2 is 2.11 bits per heavy atom. The van der Waals surface area contributed by atoms with Crippen molar-refractivity contribution in [1.82, 2.24) is 14.5 Å². The van der Waals surface area contributed by atoms with Gasteiger partial charge in [-0.1, -0.05) is 6.92 Å². The van der Waals surface area contributed by atoms with E-state index >= 15 is 0 Å². The van der Waals surface area contributed by atoms with Crippen molar-refractivity contribution in [2.24, 2.45) is 0 Å². The summed E-state index contributed by atoms with van der Waals surface area (Å²) in [4.78, 5) is 16.9. The summed E-state index contributed by atoms with van der Waals surface area (Å²) in [5.41, 5.74) is 0. The highest BCUT2D eigenvalue weighted by Gasteiger charge is 2.17.